The summed E-state index contributed by atoms with van der Waals surface area (Å²) in [7, 11) is 0. The van der Waals surface area contributed by atoms with Gasteiger partial charge in [0.15, 0.2) is 5.78 Å². The molecular formula is C16H15FO2. The number of ketones is 1. The van der Waals surface area contributed by atoms with Crippen LogP contribution < -0.4 is 4.74 Å². The fourth-order valence-electron chi connectivity index (χ4n) is 1.76. The van der Waals surface area contributed by atoms with E-state index in [-0.39, 0.29) is 11.6 Å². The fraction of sp³-hybridized carbons (Fsp3) is 0.188. The second kappa shape index (κ2) is 6.14. The van der Waals surface area contributed by atoms with Crippen LogP contribution in [0.4, 0.5) is 4.39 Å². The lowest BCUT2D eigenvalue weighted by Gasteiger charge is -2.10. The molecule has 19 heavy (non-hydrogen) atoms. The van der Waals surface area contributed by atoms with Crippen molar-refractivity contribution < 1.29 is 13.9 Å². The highest BCUT2D eigenvalue weighted by molar-refractivity contribution is 5.98. The van der Waals surface area contributed by atoms with Crippen molar-refractivity contribution in [3.8, 4) is 5.75 Å². The molecule has 2 rings (SSSR count). The van der Waals surface area contributed by atoms with Crippen molar-refractivity contribution in [2.45, 2.75) is 20.0 Å². The zero-order chi connectivity index (χ0) is 13.7. The summed E-state index contributed by atoms with van der Waals surface area (Å²) < 4.78 is 18.4. The molecule has 0 saturated heterocycles. The Morgan fingerprint density at radius 2 is 1.79 bits per heavy atom. The molecule has 0 bridgehead atoms. The molecule has 0 heterocycles. The van der Waals surface area contributed by atoms with E-state index in [0.29, 0.717) is 24.3 Å². The minimum atomic E-state index is -0.273. The second-order valence-electron chi connectivity index (χ2n) is 4.19. The lowest BCUT2D eigenvalue weighted by molar-refractivity contribution is 0.0983. The lowest BCUT2D eigenvalue weighted by atomic mass is 10.1. The van der Waals surface area contributed by atoms with Crippen LogP contribution in [0.2, 0.25) is 0 Å². The maximum atomic E-state index is 12.8. The smallest absolute Gasteiger partial charge is 0.166 e. The Kier molecular flexibility index (Phi) is 4.29. The van der Waals surface area contributed by atoms with Crippen molar-refractivity contribution in [1.82, 2.24) is 0 Å². The number of Topliss-reactive ketones (excluding diaryl/α,β-unsaturated/α-hetero) is 1. The van der Waals surface area contributed by atoms with Crippen molar-refractivity contribution >= 4 is 5.78 Å². The molecular weight excluding hydrogens is 243 g/mol. The van der Waals surface area contributed by atoms with Gasteiger partial charge in [0.2, 0.25) is 0 Å². The van der Waals surface area contributed by atoms with Gasteiger partial charge >= 0.3 is 0 Å². The molecule has 0 aliphatic carbocycles. The minimum Gasteiger partial charge on any atom is -0.488 e. The van der Waals surface area contributed by atoms with Crippen LogP contribution in [0.5, 0.6) is 5.75 Å². The summed E-state index contributed by atoms with van der Waals surface area (Å²) in [6.45, 7) is 2.13. The van der Waals surface area contributed by atoms with E-state index in [1.165, 1.54) is 12.1 Å². The van der Waals surface area contributed by atoms with E-state index in [9.17, 15) is 9.18 Å². The second-order valence-corrected chi connectivity index (χ2v) is 4.19. The molecule has 3 heteroatoms. The quantitative estimate of drug-likeness (QED) is 0.758. The average Bonchev–Trinajstić information content (AvgIpc) is 2.46. The number of carbonyl (C=O) groups excluding carboxylic acids is 1. The van der Waals surface area contributed by atoms with Crippen LogP contribution in [0.3, 0.4) is 0 Å². The summed E-state index contributed by atoms with van der Waals surface area (Å²) in [6, 6.07) is 13.3. The number of hydrogen-bond acceptors (Lipinski definition) is 2. The molecule has 0 aliphatic rings. The molecule has 2 nitrogen and oxygen atoms in total. The van der Waals surface area contributed by atoms with Crippen molar-refractivity contribution in [3.63, 3.8) is 0 Å². The Balaban J connectivity index is 2.11. The van der Waals surface area contributed by atoms with Gasteiger partial charge in [0.25, 0.3) is 0 Å². The normalized spacial score (nSPS) is 10.2. The number of benzene rings is 2. The summed E-state index contributed by atoms with van der Waals surface area (Å²) in [5, 5.41) is 0. The molecule has 98 valence electrons. The zero-order valence-corrected chi connectivity index (χ0v) is 10.7. The third-order valence-corrected chi connectivity index (χ3v) is 2.82. The number of carbonyl (C=O) groups is 1. The molecule has 0 atom stereocenters. The van der Waals surface area contributed by atoms with Gasteiger partial charge in [0.05, 0.1) is 5.56 Å². The highest BCUT2D eigenvalue weighted by Gasteiger charge is 2.09. The standard InChI is InChI=1S/C16H15FO2/c1-2-15(18)14-5-3-4-6-16(14)19-11-12-7-9-13(17)10-8-12/h3-10H,2,11H2,1H3. The van der Waals surface area contributed by atoms with Gasteiger partial charge in [-0.05, 0) is 29.8 Å². The number of ether oxygens (including phenoxy) is 1. The van der Waals surface area contributed by atoms with Crippen molar-refractivity contribution in [2.24, 2.45) is 0 Å². The Hall–Kier alpha value is -2.16. The highest BCUT2D eigenvalue weighted by Crippen LogP contribution is 2.20. The monoisotopic (exact) mass is 258 g/mol. The predicted octanol–water partition coefficient (Wildman–Crippen LogP) is 4.00. The van der Waals surface area contributed by atoms with E-state index >= 15 is 0 Å². The molecule has 2 aromatic rings. The Morgan fingerprint density at radius 3 is 2.47 bits per heavy atom. The lowest BCUT2D eigenvalue weighted by Crippen LogP contribution is -2.03. The van der Waals surface area contributed by atoms with Gasteiger partial charge in [-0.15, -0.1) is 0 Å². The van der Waals surface area contributed by atoms with Crippen LogP contribution in [-0.2, 0) is 6.61 Å². The molecule has 0 aromatic heterocycles. The molecule has 0 fully saturated rings. The van der Waals surface area contributed by atoms with E-state index in [1.807, 2.05) is 19.1 Å². The first-order chi connectivity index (χ1) is 9.20. The van der Waals surface area contributed by atoms with E-state index in [0.717, 1.165) is 5.56 Å². The van der Waals surface area contributed by atoms with Crippen LogP contribution in [0.15, 0.2) is 48.5 Å². The largest absolute Gasteiger partial charge is 0.488 e. The summed E-state index contributed by atoms with van der Waals surface area (Å²) in [5.74, 6) is 0.346. The number of hydrogen-bond donors (Lipinski definition) is 0. The van der Waals surface area contributed by atoms with Crippen LogP contribution in [0.25, 0.3) is 0 Å². The third-order valence-electron chi connectivity index (χ3n) is 2.82. The summed E-state index contributed by atoms with van der Waals surface area (Å²) >= 11 is 0. The Labute approximate surface area is 111 Å². The van der Waals surface area contributed by atoms with Crippen LogP contribution >= 0.6 is 0 Å². The van der Waals surface area contributed by atoms with Crippen LogP contribution in [0, 0.1) is 5.82 Å². The van der Waals surface area contributed by atoms with Crippen molar-refractivity contribution in [1.29, 1.82) is 0 Å². The Bertz CT molecular complexity index is 561. The molecule has 0 N–H and O–H groups in total. The first kappa shape index (κ1) is 13.3. The van der Waals surface area contributed by atoms with Crippen molar-refractivity contribution in [2.75, 3.05) is 0 Å². The maximum absolute atomic E-state index is 12.8. The highest BCUT2D eigenvalue weighted by atomic mass is 19.1. The van der Waals surface area contributed by atoms with Crippen LogP contribution in [0.1, 0.15) is 29.3 Å². The molecule has 2 aromatic carbocycles. The maximum Gasteiger partial charge on any atom is 0.166 e. The van der Waals surface area contributed by atoms with Gasteiger partial charge in [-0.3, -0.25) is 4.79 Å². The number of para-hydroxylation sites is 1. The summed E-state index contributed by atoms with van der Waals surface area (Å²) in [4.78, 5) is 11.8. The van der Waals surface area contributed by atoms with Gasteiger partial charge in [-0.25, -0.2) is 4.39 Å². The summed E-state index contributed by atoms with van der Waals surface area (Å²) in [5.41, 5.74) is 1.45. The Morgan fingerprint density at radius 1 is 1.11 bits per heavy atom. The van der Waals surface area contributed by atoms with E-state index in [2.05, 4.69) is 0 Å². The molecule has 0 unspecified atom stereocenters. The molecule has 0 saturated carbocycles. The number of halogens is 1. The molecule has 0 amide bonds. The summed E-state index contributed by atoms with van der Waals surface area (Å²) in [6.07, 6.45) is 0.441. The average molecular weight is 258 g/mol. The first-order valence-corrected chi connectivity index (χ1v) is 6.20. The topological polar surface area (TPSA) is 26.3 Å². The minimum absolute atomic E-state index is 0.0507. The van der Waals surface area contributed by atoms with Gasteiger partial charge in [0.1, 0.15) is 18.2 Å². The van der Waals surface area contributed by atoms with E-state index in [4.69, 9.17) is 4.74 Å². The third kappa shape index (κ3) is 3.41. The SMILES string of the molecule is CCC(=O)c1ccccc1OCc1ccc(F)cc1. The molecule has 0 spiro atoms. The zero-order valence-electron chi connectivity index (χ0n) is 10.7. The van der Waals surface area contributed by atoms with E-state index in [1.54, 1.807) is 24.3 Å². The fourth-order valence-corrected chi connectivity index (χ4v) is 1.76. The van der Waals surface area contributed by atoms with E-state index < -0.39 is 0 Å². The van der Waals surface area contributed by atoms with Crippen molar-refractivity contribution in [3.05, 3.63) is 65.5 Å². The van der Waals surface area contributed by atoms with Gasteiger partial charge in [-0.1, -0.05) is 31.2 Å². The van der Waals surface area contributed by atoms with Gasteiger partial charge in [-0.2, -0.15) is 0 Å². The van der Waals surface area contributed by atoms with Gasteiger partial charge in [0, 0.05) is 6.42 Å². The van der Waals surface area contributed by atoms with Crippen LogP contribution in [-0.4, -0.2) is 5.78 Å². The van der Waals surface area contributed by atoms with Gasteiger partial charge < -0.3 is 4.74 Å². The molecule has 0 radical (unpaired) electrons. The first-order valence-electron chi connectivity index (χ1n) is 6.20. The predicted molar refractivity (Wildman–Crippen MR) is 71.8 cm³/mol. The molecule has 0 aliphatic heterocycles. The number of rotatable bonds is 5.